The summed E-state index contributed by atoms with van der Waals surface area (Å²) >= 11 is 0. The Kier molecular flexibility index (Phi) is 10.5. The van der Waals surface area contributed by atoms with Gasteiger partial charge in [0, 0.05) is 37.3 Å². The third kappa shape index (κ3) is 7.98. The minimum Gasteiger partial charge on any atom is -0.388 e. The molecule has 8 rings (SSSR count). The number of fused-ring (bicyclic) bond motifs is 1. The monoisotopic (exact) mass is 795 g/mol. The molecule has 20 heteroatoms. The molecular weight excluding hydrogens is 755 g/mol. The van der Waals surface area contributed by atoms with E-state index < -0.39 is 47.0 Å². The van der Waals surface area contributed by atoms with Gasteiger partial charge < -0.3 is 40.7 Å². The number of aliphatic hydroxyl groups is 3. The van der Waals surface area contributed by atoms with E-state index in [1.54, 1.807) is 17.0 Å². The van der Waals surface area contributed by atoms with Crippen molar-refractivity contribution in [1.82, 2.24) is 45.0 Å². The molecule has 0 bridgehead atoms. The summed E-state index contributed by atoms with van der Waals surface area (Å²) in [6.07, 6.45) is -0.139. The minimum absolute atomic E-state index is 0.0426. The van der Waals surface area contributed by atoms with E-state index in [0.29, 0.717) is 49.0 Å². The number of primary sulfonamides is 1. The Hall–Kier alpha value is -6.06. The number of carbonyl (C=O) groups excluding carboxylic acids is 1. The van der Waals surface area contributed by atoms with E-state index in [-0.39, 0.29) is 34.8 Å². The molecule has 296 valence electrons. The van der Waals surface area contributed by atoms with E-state index in [2.05, 4.69) is 55.6 Å². The third-order valence-electron chi connectivity index (χ3n) is 10.4. The molecule has 6 aromatic rings. The summed E-state index contributed by atoms with van der Waals surface area (Å²) < 4.78 is 25.3. The number of imidazole rings is 1. The predicted molar refractivity (Wildman–Crippen MR) is 208 cm³/mol. The maximum Gasteiger partial charge on any atom is 0.319 e. The fourth-order valence-electron chi connectivity index (χ4n) is 7.52. The first-order valence-electron chi connectivity index (χ1n) is 18.3. The van der Waals surface area contributed by atoms with Crippen LogP contribution in [0.15, 0.2) is 96.2 Å². The summed E-state index contributed by atoms with van der Waals surface area (Å²) in [5.41, 5.74) is 3.36. The molecule has 3 aromatic carbocycles. The summed E-state index contributed by atoms with van der Waals surface area (Å²) in [6.45, 7) is 0.901. The number of nitrogens with two attached hydrogens (primary N) is 1. The highest BCUT2D eigenvalue weighted by Gasteiger charge is 2.45. The summed E-state index contributed by atoms with van der Waals surface area (Å²) in [4.78, 5) is 30.7. The van der Waals surface area contributed by atoms with Crippen molar-refractivity contribution in [3.05, 3.63) is 108 Å². The smallest absolute Gasteiger partial charge is 0.319 e. The van der Waals surface area contributed by atoms with Crippen LogP contribution in [0.2, 0.25) is 0 Å². The Balaban J connectivity index is 1.08. The highest BCUT2D eigenvalue weighted by molar-refractivity contribution is 7.89. The van der Waals surface area contributed by atoms with Gasteiger partial charge in [0.15, 0.2) is 22.8 Å². The number of aliphatic hydroxyl groups excluding tert-OH is 3. The van der Waals surface area contributed by atoms with Gasteiger partial charge in [-0.1, -0.05) is 66.7 Å². The van der Waals surface area contributed by atoms with Crippen LogP contribution in [0, 0.1) is 0 Å². The van der Waals surface area contributed by atoms with E-state index in [1.807, 2.05) is 41.3 Å². The average Bonchev–Trinajstić information content (AvgIpc) is 4.03. The number of urea groups is 1. The zero-order valence-electron chi connectivity index (χ0n) is 30.4. The van der Waals surface area contributed by atoms with Gasteiger partial charge in [0.25, 0.3) is 0 Å². The molecule has 0 radical (unpaired) electrons. The lowest BCUT2D eigenvalue weighted by Gasteiger charge is -2.22. The Morgan fingerprint density at radius 1 is 0.947 bits per heavy atom. The Bertz CT molecular complexity index is 2430. The van der Waals surface area contributed by atoms with E-state index in [9.17, 15) is 28.5 Å². The standard InChI is InChI=1S/C37H41N13O6S/c38-57(55,56)26-13-7-12-24(16-26)41-37(54)42-25-14-15-48(19-25)36-43-34(39-18-27(22-8-3-1-4-9-22)23-10-5-2-6-11-23)31-35(44-36)49(21-40-31)28-17-29(33(53)32(28)52)50-46-30(20-51)45-47-50/h1-13,16,21,25,27-29,32-33,51-53H,14-15,17-20H2,(H2,38,55,56)(H,39,43,44)(H2,41,42,54)/t25-,28-,29+,32+,33-/m1/s1. The maximum absolute atomic E-state index is 13.0. The van der Waals surface area contributed by atoms with Crippen molar-refractivity contribution in [2.45, 2.75) is 60.6 Å². The van der Waals surface area contributed by atoms with E-state index in [4.69, 9.17) is 20.1 Å². The highest BCUT2D eigenvalue weighted by Crippen LogP contribution is 2.40. The zero-order chi connectivity index (χ0) is 39.7. The van der Waals surface area contributed by atoms with Gasteiger partial charge in [-0.2, -0.15) is 14.8 Å². The molecule has 5 atom stereocenters. The predicted octanol–water partition coefficient (Wildman–Crippen LogP) is 1.50. The molecular formula is C37H41N13O6S. The molecule has 2 amide bonds. The SMILES string of the molecule is NS(=O)(=O)c1cccc(NC(=O)N[C@@H]2CCN(c3nc(NCC(c4ccccc4)c4ccccc4)c4ncn([C@@H]5C[C@H](n6nnc(CO)n6)[C@@H](O)[C@H]5O)c4n3)C2)c1. The number of nitrogens with zero attached hydrogens (tertiary/aromatic N) is 9. The highest BCUT2D eigenvalue weighted by atomic mass is 32.2. The first-order chi connectivity index (χ1) is 27.6. The van der Waals surface area contributed by atoms with Gasteiger partial charge in [0.2, 0.25) is 16.0 Å². The van der Waals surface area contributed by atoms with Gasteiger partial charge in [-0.05, 0) is 47.4 Å². The molecule has 8 N–H and O–H groups in total. The lowest BCUT2D eigenvalue weighted by molar-refractivity contribution is 0.00469. The van der Waals surface area contributed by atoms with Crippen molar-refractivity contribution in [1.29, 1.82) is 0 Å². The van der Waals surface area contributed by atoms with Gasteiger partial charge >= 0.3 is 6.03 Å². The number of hydrogen-bond acceptors (Lipinski definition) is 14. The van der Waals surface area contributed by atoms with Crippen molar-refractivity contribution < 1.29 is 28.5 Å². The van der Waals surface area contributed by atoms with Crippen LogP contribution < -0.4 is 26.0 Å². The molecule has 1 saturated carbocycles. The van der Waals surface area contributed by atoms with Gasteiger partial charge in [-0.15, -0.1) is 10.2 Å². The number of aromatic nitrogens is 8. The van der Waals surface area contributed by atoms with Crippen LogP contribution in [0.1, 0.15) is 47.8 Å². The first kappa shape index (κ1) is 37.8. The number of hydrogen-bond donors (Lipinski definition) is 7. The van der Waals surface area contributed by atoms with E-state index in [0.717, 1.165) is 11.1 Å². The number of amides is 2. The Labute approximate surface area is 326 Å². The van der Waals surface area contributed by atoms with E-state index in [1.165, 1.54) is 23.0 Å². The average molecular weight is 796 g/mol. The number of rotatable bonds is 12. The number of benzene rings is 3. The molecule has 4 heterocycles. The molecule has 1 aliphatic heterocycles. The minimum atomic E-state index is -3.95. The van der Waals surface area contributed by atoms with Crippen LogP contribution in [0.5, 0.6) is 0 Å². The number of anilines is 3. The first-order valence-corrected chi connectivity index (χ1v) is 19.9. The van der Waals surface area contributed by atoms with Crippen molar-refractivity contribution in [3.63, 3.8) is 0 Å². The van der Waals surface area contributed by atoms with Gasteiger partial charge in [-0.25, -0.2) is 23.3 Å². The quantitative estimate of drug-likeness (QED) is 0.0926. The second-order valence-electron chi connectivity index (χ2n) is 14.1. The van der Waals surface area contributed by atoms with Crippen LogP contribution in [0.25, 0.3) is 11.2 Å². The molecule has 0 spiro atoms. The second-order valence-corrected chi connectivity index (χ2v) is 15.7. The molecule has 2 aliphatic rings. The zero-order valence-corrected chi connectivity index (χ0v) is 31.3. The van der Waals surface area contributed by atoms with Crippen molar-refractivity contribution in [2.24, 2.45) is 5.14 Å². The summed E-state index contributed by atoms with van der Waals surface area (Å²) in [5.74, 6) is 0.879. The van der Waals surface area contributed by atoms with Gasteiger partial charge in [0.1, 0.15) is 24.9 Å². The summed E-state index contributed by atoms with van der Waals surface area (Å²) in [7, 11) is -3.95. The van der Waals surface area contributed by atoms with Crippen molar-refractivity contribution >= 4 is 44.7 Å². The number of sulfonamides is 1. The normalized spacial score (nSPS) is 21.0. The van der Waals surface area contributed by atoms with Crippen molar-refractivity contribution in [3.8, 4) is 0 Å². The molecule has 19 nitrogen and oxygen atoms in total. The Morgan fingerprint density at radius 2 is 1.67 bits per heavy atom. The van der Waals surface area contributed by atoms with Crippen LogP contribution in [-0.2, 0) is 16.6 Å². The van der Waals surface area contributed by atoms with Crippen LogP contribution in [-0.4, -0.2) is 107 Å². The fourth-order valence-corrected chi connectivity index (χ4v) is 8.08. The lowest BCUT2D eigenvalue weighted by atomic mass is 9.91. The second kappa shape index (κ2) is 15.8. The molecule has 3 aromatic heterocycles. The Morgan fingerprint density at radius 3 is 2.35 bits per heavy atom. The molecule has 1 aliphatic carbocycles. The van der Waals surface area contributed by atoms with Crippen molar-refractivity contribution in [2.75, 3.05) is 35.2 Å². The topological polar surface area (TPSA) is 264 Å². The molecule has 2 fully saturated rings. The third-order valence-corrected chi connectivity index (χ3v) is 11.3. The number of nitrogens with one attached hydrogen (secondary N) is 3. The molecule has 0 unspecified atom stereocenters. The lowest BCUT2D eigenvalue weighted by Crippen LogP contribution is -2.40. The van der Waals surface area contributed by atoms with Gasteiger partial charge in [0.05, 0.1) is 17.3 Å². The van der Waals surface area contributed by atoms with Crippen LogP contribution in [0.3, 0.4) is 0 Å². The van der Waals surface area contributed by atoms with Crippen LogP contribution >= 0.6 is 0 Å². The number of tetrazole rings is 1. The summed E-state index contributed by atoms with van der Waals surface area (Å²) in [6, 6.07) is 23.7. The van der Waals surface area contributed by atoms with Gasteiger partial charge in [-0.3, -0.25) is 0 Å². The largest absolute Gasteiger partial charge is 0.388 e. The van der Waals surface area contributed by atoms with E-state index >= 15 is 0 Å². The number of carbonyl (C=O) groups is 1. The molecule has 1 saturated heterocycles. The maximum atomic E-state index is 13.0. The summed E-state index contributed by atoms with van der Waals surface area (Å²) in [5, 5.41) is 58.3. The van der Waals surface area contributed by atoms with Crippen LogP contribution in [0.4, 0.5) is 22.2 Å². The molecule has 57 heavy (non-hydrogen) atoms. The fraction of sp³-hybridized carbons (Fsp3) is 0.324.